The van der Waals surface area contributed by atoms with E-state index in [9.17, 15) is 14.3 Å². The van der Waals surface area contributed by atoms with Crippen molar-refractivity contribution >= 4 is 18.3 Å². The Morgan fingerprint density at radius 3 is 2.90 bits per heavy atom. The zero-order chi connectivity index (χ0) is 14.5. The third-order valence-corrected chi connectivity index (χ3v) is 3.79. The molecule has 1 fully saturated rings. The van der Waals surface area contributed by atoms with Gasteiger partial charge >= 0.3 is 0 Å². The van der Waals surface area contributed by atoms with Crippen LogP contribution in [0.5, 0.6) is 0 Å². The van der Waals surface area contributed by atoms with Gasteiger partial charge in [0.2, 0.25) is 5.91 Å². The number of nitrogens with two attached hydrogens (primary N) is 1. The molecule has 0 spiro atoms. The average molecular weight is 317 g/mol. The number of carbonyl (C=O) groups excluding carboxylic acids is 1. The highest BCUT2D eigenvalue weighted by atomic mass is 35.5. The quantitative estimate of drug-likeness (QED) is 0.794. The van der Waals surface area contributed by atoms with Gasteiger partial charge in [-0.1, -0.05) is 18.6 Å². The first-order valence-corrected chi connectivity index (χ1v) is 7.03. The van der Waals surface area contributed by atoms with Crippen LogP contribution in [-0.2, 0) is 4.79 Å². The smallest absolute Gasteiger partial charge is 0.223 e. The predicted octanol–water partition coefficient (Wildman–Crippen LogP) is 1.91. The summed E-state index contributed by atoms with van der Waals surface area (Å²) >= 11 is 0. The third kappa shape index (κ3) is 5.26. The van der Waals surface area contributed by atoms with Gasteiger partial charge in [-0.05, 0) is 37.0 Å². The van der Waals surface area contributed by atoms with Crippen LogP contribution in [0.1, 0.15) is 37.4 Å². The Bertz CT molecular complexity index is 473. The van der Waals surface area contributed by atoms with E-state index in [2.05, 4.69) is 5.32 Å². The summed E-state index contributed by atoms with van der Waals surface area (Å²) in [7, 11) is 0. The lowest BCUT2D eigenvalue weighted by atomic mass is 9.85. The molecule has 0 aromatic heterocycles. The summed E-state index contributed by atoms with van der Waals surface area (Å²) in [4.78, 5) is 12.0. The van der Waals surface area contributed by atoms with Crippen molar-refractivity contribution in [2.75, 3.05) is 6.54 Å². The third-order valence-electron chi connectivity index (χ3n) is 3.79. The first kappa shape index (κ1) is 17.9. The highest BCUT2D eigenvalue weighted by molar-refractivity contribution is 5.85. The number of halogens is 2. The van der Waals surface area contributed by atoms with Crippen LogP contribution in [0.2, 0.25) is 0 Å². The van der Waals surface area contributed by atoms with Gasteiger partial charge in [0, 0.05) is 18.5 Å². The average Bonchev–Trinajstić information content (AvgIpc) is 2.44. The van der Waals surface area contributed by atoms with Gasteiger partial charge < -0.3 is 16.2 Å². The summed E-state index contributed by atoms with van der Waals surface area (Å²) in [5.74, 6) is -0.541. The highest BCUT2D eigenvalue weighted by Gasteiger charge is 2.25. The van der Waals surface area contributed by atoms with Gasteiger partial charge in [-0.15, -0.1) is 12.4 Å². The molecule has 2 rings (SSSR count). The van der Waals surface area contributed by atoms with E-state index in [-0.39, 0.29) is 36.8 Å². The summed E-state index contributed by atoms with van der Waals surface area (Å²) < 4.78 is 13.0. The molecule has 1 aromatic rings. The maximum atomic E-state index is 13.0. The number of aliphatic hydroxyl groups is 1. The molecule has 118 valence electrons. The molecule has 6 heteroatoms. The number of amides is 1. The van der Waals surface area contributed by atoms with Gasteiger partial charge in [0.1, 0.15) is 5.82 Å². The van der Waals surface area contributed by atoms with E-state index in [4.69, 9.17) is 5.73 Å². The fraction of sp³-hybridized carbons (Fsp3) is 0.533. The first-order chi connectivity index (χ1) is 9.56. The van der Waals surface area contributed by atoms with Gasteiger partial charge in [-0.2, -0.15) is 0 Å². The maximum absolute atomic E-state index is 13.0. The molecule has 1 aliphatic rings. The number of benzene rings is 1. The minimum atomic E-state index is -0.896. The second kappa shape index (κ2) is 8.32. The SMILES string of the molecule is Cl.NC1CCCC(C(=O)NCC(O)c2cccc(F)c2)C1. The number of hydrogen-bond donors (Lipinski definition) is 3. The van der Waals surface area contributed by atoms with Crippen LogP contribution in [0, 0.1) is 11.7 Å². The molecule has 0 bridgehead atoms. The molecular formula is C15H22ClFN2O2. The summed E-state index contributed by atoms with van der Waals surface area (Å²) in [6, 6.07) is 5.85. The van der Waals surface area contributed by atoms with Crippen LogP contribution in [0.15, 0.2) is 24.3 Å². The van der Waals surface area contributed by atoms with Crippen LogP contribution in [0.25, 0.3) is 0 Å². The molecular weight excluding hydrogens is 295 g/mol. The molecule has 3 unspecified atom stereocenters. The van der Waals surface area contributed by atoms with Crippen molar-refractivity contribution in [1.82, 2.24) is 5.32 Å². The van der Waals surface area contributed by atoms with Crippen LogP contribution < -0.4 is 11.1 Å². The Morgan fingerprint density at radius 2 is 2.24 bits per heavy atom. The summed E-state index contributed by atoms with van der Waals surface area (Å²) in [5.41, 5.74) is 6.32. The second-order valence-electron chi connectivity index (χ2n) is 5.44. The minimum Gasteiger partial charge on any atom is -0.387 e. The molecule has 0 radical (unpaired) electrons. The van der Waals surface area contributed by atoms with Crippen molar-refractivity contribution < 1.29 is 14.3 Å². The Labute approximate surface area is 130 Å². The van der Waals surface area contributed by atoms with Gasteiger partial charge in [0.05, 0.1) is 6.10 Å². The Kier molecular flexibility index (Phi) is 7.08. The molecule has 1 amide bonds. The van der Waals surface area contributed by atoms with Crippen LogP contribution in [-0.4, -0.2) is 23.6 Å². The molecule has 1 saturated carbocycles. The van der Waals surface area contributed by atoms with E-state index < -0.39 is 11.9 Å². The number of nitrogens with one attached hydrogen (secondary N) is 1. The second-order valence-corrected chi connectivity index (χ2v) is 5.44. The summed E-state index contributed by atoms with van der Waals surface area (Å²) in [5, 5.41) is 12.7. The van der Waals surface area contributed by atoms with Crippen LogP contribution >= 0.6 is 12.4 Å². The van der Waals surface area contributed by atoms with Gasteiger partial charge in [-0.3, -0.25) is 4.79 Å². The van der Waals surface area contributed by atoms with Crippen LogP contribution in [0.4, 0.5) is 4.39 Å². The topological polar surface area (TPSA) is 75.4 Å². The lowest BCUT2D eigenvalue weighted by Crippen LogP contribution is -2.39. The molecule has 21 heavy (non-hydrogen) atoms. The van der Waals surface area contributed by atoms with Crippen LogP contribution in [0.3, 0.4) is 0 Å². The fourth-order valence-electron chi connectivity index (χ4n) is 2.64. The van der Waals surface area contributed by atoms with Gasteiger partial charge in [0.25, 0.3) is 0 Å². The monoisotopic (exact) mass is 316 g/mol. The van der Waals surface area contributed by atoms with E-state index in [0.717, 1.165) is 19.3 Å². The van der Waals surface area contributed by atoms with Gasteiger partial charge in [-0.25, -0.2) is 4.39 Å². The zero-order valence-corrected chi connectivity index (χ0v) is 12.6. The molecule has 1 aromatic carbocycles. The maximum Gasteiger partial charge on any atom is 0.223 e. The Morgan fingerprint density at radius 1 is 1.48 bits per heavy atom. The molecule has 4 nitrogen and oxygen atoms in total. The number of hydrogen-bond acceptors (Lipinski definition) is 3. The lowest BCUT2D eigenvalue weighted by Gasteiger charge is -2.26. The van der Waals surface area contributed by atoms with Crippen molar-refractivity contribution in [3.05, 3.63) is 35.6 Å². The molecule has 1 aliphatic carbocycles. The zero-order valence-electron chi connectivity index (χ0n) is 11.8. The van der Waals surface area contributed by atoms with E-state index in [1.54, 1.807) is 6.07 Å². The van der Waals surface area contributed by atoms with E-state index >= 15 is 0 Å². The van der Waals surface area contributed by atoms with Crippen molar-refractivity contribution in [2.24, 2.45) is 11.7 Å². The Hall–Kier alpha value is -1.17. The standard InChI is InChI=1S/C15H21FN2O2.ClH/c16-12-5-1-3-10(7-12)14(19)9-18-15(20)11-4-2-6-13(17)8-11;/h1,3,5,7,11,13-14,19H,2,4,6,8-9,17H2,(H,18,20);1H. The molecule has 0 heterocycles. The molecule has 0 aliphatic heterocycles. The van der Waals surface area contributed by atoms with E-state index in [1.165, 1.54) is 18.2 Å². The van der Waals surface area contributed by atoms with E-state index in [1.807, 2.05) is 0 Å². The molecule has 4 N–H and O–H groups in total. The summed E-state index contributed by atoms with van der Waals surface area (Å²) in [6.45, 7) is 0.0913. The largest absolute Gasteiger partial charge is 0.387 e. The normalized spacial score (nSPS) is 23.0. The Balaban J connectivity index is 0.00000220. The van der Waals surface area contributed by atoms with Crippen molar-refractivity contribution in [1.29, 1.82) is 0 Å². The minimum absolute atomic E-state index is 0. The lowest BCUT2D eigenvalue weighted by molar-refractivity contribution is -0.126. The number of carbonyl (C=O) groups is 1. The van der Waals surface area contributed by atoms with Crippen molar-refractivity contribution in [2.45, 2.75) is 37.8 Å². The van der Waals surface area contributed by atoms with Crippen molar-refractivity contribution in [3.8, 4) is 0 Å². The fourth-order valence-corrected chi connectivity index (χ4v) is 2.64. The number of aliphatic hydroxyl groups excluding tert-OH is 1. The highest BCUT2D eigenvalue weighted by Crippen LogP contribution is 2.23. The number of rotatable bonds is 4. The summed E-state index contributed by atoms with van der Waals surface area (Å²) in [6.07, 6.45) is 2.57. The molecule has 3 atom stereocenters. The molecule has 0 saturated heterocycles. The van der Waals surface area contributed by atoms with E-state index in [0.29, 0.717) is 12.0 Å². The van der Waals surface area contributed by atoms with Gasteiger partial charge in [0.15, 0.2) is 0 Å². The van der Waals surface area contributed by atoms with Crippen molar-refractivity contribution in [3.63, 3.8) is 0 Å². The predicted molar refractivity (Wildman–Crippen MR) is 81.6 cm³/mol. The first-order valence-electron chi connectivity index (χ1n) is 7.03.